The topological polar surface area (TPSA) is 78.4 Å². The van der Waals surface area contributed by atoms with Crippen LogP contribution >= 0.6 is 0 Å². The molecule has 3 heterocycles. The number of likely N-dealkylation sites (tertiary alicyclic amines) is 1. The van der Waals surface area contributed by atoms with Crippen LogP contribution in [-0.2, 0) is 4.79 Å². The molecular weight excluding hydrogens is 572 g/mol. The highest BCUT2D eigenvalue weighted by molar-refractivity contribution is 5.93. The van der Waals surface area contributed by atoms with Crippen LogP contribution in [0.4, 0.5) is 8.78 Å². The number of halogens is 2. The predicted molar refractivity (Wildman–Crippen MR) is 168 cm³/mol. The van der Waals surface area contributed by atoms with E-state index < -0.39 is 11.6 Å². The molecule has 1 N–H and O–H groups in total. The summed E-state index contributed by atoms with van der Waals surface area (Å²) in [6.45, 7) is 4.89. The van der Waals surface area contributed by atoms with Gasteiger partial charge in [0.05, 0.1) is 6.04 Å². The molecule has 1 aromatic heterocycles. The number of carbonyl (C=O) groups excluding carboxylic acids is 2. The van der Waals surface area contributed by atoms with Gasteiger partial charge < -0.3 is 15.1 Å². The molecule has 9 heteroatoms. The summed E-state index contributed by atoms with van der Waals surface area (Å²) in [7, 11) is 2.15. The van der Waals surface area contributed by atoms with Crippen molar-refractivity contribution in [1.29, 1.82) is 0 Å². The molecule has 1 atom stereocenters. The van der Waals surface area contributed by atoms with Crippen molar-refractivity contribution in [2.45, 2.75) is 50.7 Å². The van der Waals surface area contributed by atoms with Crippen molar-refractivity contribution >= 4 is 23.0 Å². The van der Waals surface area contributed by atoms with Gasteiger partial charge in [0.1, 0.15) is 11.5 Å². The molecule has 0 radical (unpaired) electrons. The summed E-state index contributed by atoms with van der Waals surface area (Å²) >= 11 is 0. The SMILES string of the molecule is C[C@@H](NC(=O)c1ccnc(C2=CCN(C(=O)C3(F)CC3)CC2)n1)c1ccc(C(=C2CC3(C2)CN(C)C3)c2ccc(F)cc2)cc1. The average Bonchev–Trinajstić information content (AvgIpc) is 3.78. The number of amides is 2. The third kappa shape index (κ3) is 5.81. The zero-order chi connectivity index (χ0) is 31.3. The Hall–Kier alpha value is -4.24. The lowest BCUT2D eigenvalue weighted by molar-refractivity contribution is -0.137. The zero-order valence-corrected chi connectivity index (χ0v) is 25.7. The summed E-state index contributed by atoms with van der Waals surface area (Å²) in [5.74, 6) is -0.546. The number of hydrogen-bond acceptors (Lipinski definition) is 5. The Labute approximate surface area is 262 Å². The smallest absolute Gasteiger partial charge is 0.270 e. The number of allylic oxidation sites excluding steroid dienone is 1. The molecule has 3 aromatic rings. The largest absolute Gasteiger partial charge is 0.344 e. The van der Waals surface area contributed by atoms with Crippen LogP contribution in [0.1, 0.15) is 78.1 Å². The zero-order valence-electron chi connectivity index (χ0n) is 25.7. The summed E-state index contributed by atoms with van der Waals surface area (Å²) in [4.78, 5) is 38.3. The van der Waals surface area contributed by atoms with E-state index in [4.69, 9.17) is 0 Å². The molecule has 3 fully saturated rings. The first-order valence-electron chi connectivity index (χ1n) is 15.7. The van der Waals surface area contributed by atoms with Gasteiger partial charge in [0.15, 0.2) is 11.5 Å². The van der Waals surface area contributed by atoms with Crippen LogP contribution in [0.15, 0.2) is 72.4 Å². The van der Waals surface area contributed by atoms with Gasteiger partial charge in [-0.15, -0.1) is 0 Å². The fourth-order valence-electron chi connectivity index (χ4n) is 7.14. The van der Waals surface area contributed by atoms with Gasteiger partial charge in [0.25, 0.3) is 11.8 Å². The molecule has 2 aliphatic carbocycles. The Morgan fingerprint density at radius 1 is 0.978 bits per heavy atom. The lowest BCUT2D eigenvalue weighted by Crippen LogP contribution is -2.58. The number of carbonyl (C=O) groups is 2. The first kappa shape index (κ1) is 29.5. The van der Waals surface area contributed by atoms with E-state index in [0.717, 1.165) is 48.2 Å². The molecule has 2 amide bonds. The van der Waals surface area contributed by atoms with Crippen molar-refractivity contribution in [2.24, 2.45) is 5.41 Å². The third-order valence-electron chi connectivity index (χ3n) is 9.66. The number of hydrogen-bond donors (Lipinski definition) is 1. The predicted octanol–water partition coefficient (Wildman–Crippen LogP) is 5.75. The summed E-state index contributed by atoms with van der Waals surface area (Å²) in [6.07, 6.45) is 6.63. The van der Waals surface area contributed by atoms with Crippen LogP contribution in [0.3, 0.4) is 0 Å². The van der Waals surface area contributed by atoms with Crippen molar-refractivity contribution in [3.63, 3.8) is 0 Å². The molecule has 2 saturated carbocycles. The molecule has 45 heavy (non-hydrogen) atoms. The molecule has 1 spiro atoms. The van der Waals surface area contributed by atoms with Gasteiger partial charge in [-0.2, -0.15) is 0 Å². The molecule has 4 aliphatic rings. The van der Waals surface area contributed by atoms with E-state index >= 15 is 0 Å². The van der Waals surface area contributed by atoms with Crippen LogP contribution < -0.4 is 5.32 Å². The standard InChI is InChI=1S/C36H37F2N5O2/c1-23(40-33(44)30-11-16-39-32(41-30)27-12-17-43(18-13-27)34(45)36(38)14-15-36)24-3-5-25(6-4-24)31(26-7-9-29(37)10-8-26)28-19-35(20-28)21-42(2)22-35/h3-12,16,23H,13-15,17-22H2,1-2H3,(H,40,44)/t23-/m1/s1. The van der Waals surface area contributed by atoms with Crippen LogP contribution in [0.2, 0.25) is 0 Å². The number of alkyl halides is 1. The minimum atomic E-state index is -1.67. The van der Waals surface area contributed by atoms with Gasteiger partial charge in [-0.25, -0.2) is 18.7 Å². The van der Waals surface area contributed by atoms with E-state index in [-0.39, 0.29) is 23.5 Å². The first-order chi connectivity index (χ1) is 21.6. The monoisotopic (exact) mass is 609 g/mol. The number of rotatable bonds is 7. The molecule has 2 aromatic carbocycles. The maximum atomic E-state index is 14.2. The molecule has 2 aliphatic heterocycles. The Morgan fingerprint density at radius 2 is 1.64 bits per heavy atom. The van der Waals surface area contributed by atoms with Crippen molar-refractivity contribution < 1.29 is 18.4 Å². The first-order valence-corrected chi connectivity index (χ1v) is 15.7. The highest BCUT2D eigenvalue weighted by Crippen LogP contribution is 2.54. The van der Waals surface area contributed by atoms with Gasteiger partial charge in [0, 0.05) is 37.8 Å². The molecule has 1 saturated heterocycles. The van der Waals surface area contributed by atoms with Gasteiger partial charge >= 0.3 is 0 Å². The maximum absolute atomic E-state index is 14.2. The van der Waals surface area contributed by atoms with E-state index in [1.165, 1.54) is 28.2 Å². The van der Waals surface area contributed by atoms with Crippen molar-refractivity contribution in [3.8, 4) is 0 Å². The average molecular weight is 610 g/mol. The molecule has 0 unspecified atom stereocenters. The lowest BCUT2D eigenvalue weighted by atomic mass is 9.59. The minimum Gasteiger partial charge on any atom is -0.344 e. The van der Waals surface area contributed by atoms with Crippen LogP contribution in [0, 0.1) is 11.2 Å². The van der Waals surface area contributed by atoms with Gasteiger partial charge in [-0.05, 0) is 92.1 Å². The summed E-state index contributed by atoms with van der Waals surface area (Å²) in [5, 5.41) is 3.05. The summed E-state index contributed by atoms with van der Waals surface area (Å²) in [5.41, 5.74) is 5.45. The second-order valence-corrected chi connectivity index (χ2v) is 13.3. The van der Waals surface area contributed by atoms with Crippen LogP contribution in [-0.4, -0.2) is 70.5 Å². The van der Waals surface area contributed by atoms with Crippen molar-refractivity contribution in [1.82, 2.24) is 25.1 Å². The fourth-order valence-corrected chi connectivity index (χ4v) is 7.14. The van der Waals surface area contributed by atoms with E-state index in [1.807, 2.05) is 37.3 Å². The number of benzene rings is 2. The van der Waals surface area contributed by atoms with Crippen LogP contribution in [0.25, 0.3) is 11.1 Å². The highest BCUT2D eigenvalue weighted by Gasteiger charge is 2.53. The molecule has 7 rings (SSSR count). The van der Waals surface area contributed by atoms with E-state index in [9.17, 15) is 18.4 Å². The van der Waals surface area contributed by atoms with Crippen molar-refractivity contribution in [2.75, 3.05) is 33.2 Å². The fraction of sp³-hybridized carbons (Fsp3) is 0.389. The summed E-state index contributed by atoms with van der Waals surface area (Å²) < 4.78 is 28.0. The number of nitrogens with zero attached hydrogens (tertiary/aromatic N) is 4. The lowest BCUT2D eigenvalue weighted by Gasteiger charge is -2.56. The minimum absolute atomic E-state index is 0.247. The molecular formula is C36H37F2N5O2. The Morgan fingerprint density at radius 3 is 2.24 bits per heavy atom. The van der Waals surface area contributed by atoms with Gasteiger partial charge in [-0.3, -0.25) is 9.59 Å². The Kier molecular flexibility index (Phi) is 7.39. The van der Waals surface area contributed by atoms with E-state index in [1.54, 1.807) is 12.3 Å². The number of aromatic nitrogens is 2. The van der Waals surface area contributed by atoms with E-state index in [2.05, 4.69) is 39.4 Å². The van der Waals surface area contributed by atoms with Crippen LogP contribution in [0.5, 0.6) is 0 Å². The molecule has 7 nitrogen and oxygen atoms in total. The normalized spacial score (nSPS) is 20.5. The highest BCUT2D eigenvalue weighted by atomic mass is 19.1. The van der Waals surface area contributed by atoms with E-state index in [0.29, 0.717) is 43.6 Å². The maximum Gasteiger partial charge on any atom is 0.270 e. The third-order valence-corrected chi connectivity index (χ3v) is 9.66. The van der Waals surface area contributed by atoms with Gasteiger partial charge in [-0.1, -0.05) is 48.0 Å². The van der Waals surface area contributed by atoms with Crippen molar-refractivity contribution in [3.05, 3.63) is 106 Å². The van der Waals surface area contributed by atoms with Gasteiger partial charge in [0.2, 0.25) is 0 Å². The molecule has 232 valence electrons. The second kappa shape index (κ2) is 11.3. The molecule has 0 bridgehead atoms. The summed E-state index contributed by atoms with van der Waals surface area (Å²) in [6, 6.07) is 16.3. The number of nitrogens with one attached hydrogen (secondary N) is 1. The Balaban J connectivity index is 1.03. The second-order valence-electron chi connectivity index (χ2n) is 13.3. The Bertz CT molecular complexity index is 1700. The quantitative estimate of drug-likeness (QED) is 0.369.